The summed E-state index contributed by atoms with van der Waals surface area (Å²) in [6.45, 7) is 3.79. The van der Waals surface area contributed by atoms with Gasteiger partial charge in [-0.15, -0.1) is 0 Å². The highest BCUT2D eigenvalue weighted by molar-refractivity contribution is 6.39. The van der Waals surface area contributed by atoms with Crippen molar-refractivity contribution in [3.63, 3.8) is 0 Å². The molecule has 3 rings (SSSR count). The molecule has 0 aliphatic carbocycles. The number of hydrogen-bond acceptors (Lipinski definition) is 3. The Morgan fingerprint density at radius 3 is 2.10 bits per heavy atom. The Morgan fingerprint density at radius 2 is 1.55 bits per heavy atom. The molecule has 0 unspecified atom stereocenters. The van der Waals surface area contributed by atoms with E-state index in [2.05, 4.69) is 5.32 Å². The Morgan fingerprint density at radius 1 is 0.966 bits per heavy atom. The minimum Gasteiger partial charge on any atom is -0.497 e. The number of halogens is 3. The number of amides is 1. The van der Waals surface area contributed by atoms with Crippen molar-refractivity contribution in [2.75, 3.05) is 18.2 Å². The van der Waals surface area contributed by atoms with Crippen molar-refractivity contribution in [3.8, 4) is 16.9 Å². The van der Waals surface area contributed by atoms with Gasteiger partial charge in [0.1, 0.15) is 11.6 Å². The molecule has 0 saturated heterocycles. The summed E-state index contributed by atoms with van der Waals surface area (Å²) in [5.41, 5.74) is 10.3. The number of aryl methyl sites for hydroxylation is 2. The monoisotopic (exact) mass is 432 g/mol. The summed E-state index contributed by atoms with van der Waals surface area (Å²) in [5, 5.41) is 3.69. The van der Waals surface area contributed by atoms with Gasteiger partial charge in [0.25, 0.3) is 5.91 Å². The van der Waals surface area contributed by atoms with E-state index >= 15 is 0 Å². The van der Waals surface area contributed by atoms with Crippen LogP contribution < -0.4 is 15.8 Å². The maximum Gasteiger partial charge on any atom is 0.255 e. The van der Waals surface area contributed by atoms with Gasteiger partial charge in [-0.25, -0.2) is 4.39 Å². The van der Waals surface area contributed by atoms with Crippen molar-refractivity contribution in [1.82, 2.24) is 0 Å². The summed E-state index contributed by atoms with van der Waals surface area (Å²) in [5.74, 6) is -0.728. The second-order valence-corrected chi connectivity index (χ2v) is 7.49. The van der Waals surface area contributed by atoms with Gasteiger partial charge < -0.3 is 15.8 Å². The van der Waals surface area contributed by atoms with Crippen LogP contribution in [0.1, 0.15) is 21.5 Å². The molecule has 4 nitrogen and oxygen atoms in total. The molecule has 3 N–H and O–H groups in total. The quantitative estimate of drug-likeness (QED) is 0.478. The van der Waals surface area contributed by atoms with Crippen molar-refractivity contribution >= 4 is 40.5 Å². The lowest BCUT2D eigenvalue weighted by Gasteiger charge is -2.17. The number of hydrogen-bond donors (Lipinski definition) is 2. The molecule has 3 aromatic rings. The summed E-state index contributed by atoms with van der Waals surface area (Å²) in [7, 11) is 1.41. The maximum atomic E-state index is 13.7. The topological polar surface area (TPSA) is 64.3 Å². The van der Waals surface area contributed by atoms with Crippen LogP contribution in [0.4, 0.5) is 15.8 Å². The van der Waals surface area contributed by atoms with E-state index < -0.39 is 11.7 Å². The molecule has 7 heteroatoms. The second kappa shape index (κ2) is 8.31. The van der Waals surface area contributed by atoms with Crippen LogP contribution >= 0.6 is 23.2 Å². The molecule has 0 spiro atoms. The van der Waals surface area contributed by atoms with E-state index in [0.717, 1.165) is 22.8 Å². The summed E-state index contributed by atoms with van der Waals surface area (Å²) in [6.07, 6.45) is 0. The van der Waals surface area contributed by atoms with Crippen LogP contribution in [0.5, 0.6) is 5.75 Å². The van der Waals surface area contributed by atoms with Gasteiger partial charge in [0.15, 0.2) is 0 Å². The van der Waals surface area contributed by atoms with Crippen LogP contribution in [0.15, 0.2) is 42.5 Å². The molecule has 29 heavy (non-hydrogen) atoms. The molecule has 0 radical (unpaired) electrons. The molecule has 0 bridgehead atoms. The van der Waals surface area contributed by atoms with Gasteiger partial charge >= 0.3 is 0 Å². The number of ether oxygens (including phenoxy) is 1. The molecule has 3 aromatic carbocycles. The molecule has 1 amide bonds. The summed E-state index contributed by atoms with van der Waals surface area (Å²) < 4.78 is 18.7. The van der Waals surface area contributed by atoms with Crippen LogP contribution in [0.3, 0.4) is 0 Å². The van der Waals surface area contributed by atoms with Crippen molar-refractivity contribution in [2.45, 2.75) is 13.8 Å². The fourth-order valence-electron chi connectivity index (χ4n) is 3.28. The minimum absolute atomic E-state index is 0.158. The largest absolute Gasteiger partial charge is 0.497 e. The van der Waals surface area contributed by atoms with Gasteiger partial charge in [0, 0.05) is 28.6 Å². The van der Waals surface area contributed by atoms with Crippen LogP contribution in [-0.4, -0.2) is 13.0 Å². The molecule has 0 aromatic heterocycles. The SMILES string of the molecule is COc1cc(F)cc(C(=O)Nc2cc(C)c(-c3c(Cl)cc(N)cc3Cl)c(C)c2)c1. The highest BCUT2D eigenvalue weighted by Gasteiger charge is 2.17. The van der Waals surface area contributed by atoms with E-state index in [1.165, 1.54) is 19.2 Å². The van der Waals surface area contributed by atoms with Gasteiger partial charge in [0.05, 0.1) is 17.2 Å². The third-order valence-corrected chi connectivity index (χ3v) is 5.07. The Bertz CT molecular complexity index is 1070. The number of carbonyl (C=O) groups excluding carboxylic acids is 1. The number of rotatable bonds is 4. The van der Waals surface area contributed by atoms with Crippen LogP contribution in [0.25, 0.3) is 11.1 Å². The van der Waals surface area contributed by atoms with Gasteiger partial charge in [-0.05, 0) is 66.9 Å². The highest BCUT2D eigenvalue weighted by Crippen LogP contribution is 2.40. The van der Waals surface area contributed by atoms with E-state index in [1.807, 2.05) is 13.8 Å². The van der Waals surface area contributed by atoms with E-state index in [9.17, 15) is 9.18 Å². The lowest BCUT2D eigenvalue weighted by molar-refractivity contribution is 0.102. The van der Waals surface area contributed by atoms with E-state index in [4.69, 9.17) is 33.7 Å². The number of methoxy groups -OCH3 is 1. The number of nitrogens with one attached hydrogen (secondary N) is 1. The molecule has 0 aliphatic heterocycles. The lowest BCUT2D eigenvalue weighted by atomic mass is 9.94. The number of benzene rings is 3. The Labute approximate surface area is 178 Å². The Balaban J connectivity index is 1.96. The Kier molecular flexibility index (Phi) is 6.01. The summed E-state index contributed by atoms with van der Waals surface area (Å²) >= 11 is 12.8. The smallest absolute Gasteiger partial charge is 0.255 e. The number of nitrogen functional groups attached to an aromatic ring is 1. The standard InChI is InChI=1S/C22H19Cl2FN2O2/c1-11-4-16(27-22(28)13-6-14(25)8-17(7-13)29-3)5-12(2)20(11)21-18(23)9-15(26)10-19(21)24/h4-10H,26H2,1-3H3,(H,27,28). The first-order valence-electron chi connectivity index (χ1n) is 8.71. The molecule has 0 atom stereocenters. The van der Waals surface area contributed by atoms with Gasteiger partial charge in [-0.1, -0.05) is 23.2 Å². The first-order valence-corrected chi connectivity index (χ1v) is 9.47. The molecular weight excluding hydrogens is 414 g/mol. The maximum absolute atomic E-state index is 13.7. The van der Waals surface area contributed by atoms with Gasteiger partial charge in [0.2, 0.25) is 0 Å². The Hall–Kier alpha value is -2.76. The second-order valence-electron chi connectivity index (χ2n) is 6.68. The number of anilines is 2. The van der Waals surface area contributed by atoms with Gasteiger partial charge in [-0.2, -0.15) is 0 Å². The zero-order valence-corrected chi connectivity index (χ0v) is 17.6. The van der Waals surface area contributed by atoms with Crippen molar-refractivity contribution in [2.24, 2.45) is 0 Å². The zero-order chi connectivity index (χ0) is 21.3. The average molecular weight is 433 g/mol. The van der Waals surface area contributed by atoms with E-state index in [-0.39, 0.29) is 11.3 Å². The number of nitrogens with two attached hydrogens (primary N) is 1. The van der Waals surface area contributed by atoms with E-state index in [0.29, 0.717) is 27.0 Å². The molecule has 0 heterocycles. The highest BCUT2D eigenvalue weighted by atomic mass is 35.5. The summed E-state index contributed by atoms with van der Waals surface area (Å²) in [6, 6.07) is 10.7. The molecule has 0 saturated carbocycles. The third-order valence-electron chi connectivity index (χ3n) is 4.47. The minimum atomic E-state index is -0.551. The fourth-order valence-corrected chi connectivity index (χ4v) is 3.97. The predicted octanol–water partition coefficient (Wildman–Crippen LogP) is 6.26. The van der Waals surface area contributed by atoms with Gasteiger partial charge in [-0.3, -0.25) is 4.79 Å². The van der Waals surface area contributed by atoms with Crippen LogP contribution in [-0.2, 0) is 0 Å². The molecule has 0 aliphatic rings. The molecule has 150 valence electrons. The third kappa shape index (κ3) is 4.47. The fraction of sp³-hybridized carbons (Fsp3) is 0.136. The zero-order valence-electron chi connectivity index (χ0n) is 16.1. The van der Waals surface area contributed by atoms with E-state index in [1.54, 1.807) is 24.3 Å². The van der Waals surface area contributed by atoms with Crippen molar-refractivity contribution in [3.05, 3.63) is 75.0 Å². The summed E-state index contributed by atoms with van der Waals surface area (Å²) in [4.78, 5) is 12.6. The van der Waals surface area contributed by atoms with Crippen LogP contribution in [0.2, 0.25) is 10.0 Å². The number of carbonyl (C=O) groups is 1. The lowest BCUT2D eigenvalue weighted by Crippen LogP contribution is -2.13. The molecule has 0 fully saturated rings. The first-order chi connectivity index (χ1) is 13.7. The van der Waals surface area contributed by atoms with Crippen molar-refractivity contribution < 1.29 is 13.9 Å². The van der Waals surface area contributed by atoms with Crippen LogP contribution in [0, 0.1) is 19.7 Å². The predicted molar refractivity (Wildman–Crippen MR) is 117 cm³/mol. The van der Waals surface area contributed by atoms with Crippen molar-refractivity contribution in [1.29, 1.82) is 0 Å². The molecular formula is C22H19Cl2FN2O2. The average Bonchev–Trinajstić information content (AvgIpc) is 2.62. The first kappa shape index (κ1) is 21.0. The normalized spacial score (nSPS) is 10.7.